The Morgan fingerprint density at radius 3 is 2.18 bits per heavy atom. The molecule has 3 rings (SSSR count). The van der Waals surface area contributed by atoms with Gasteiger partial charge in [0.15, 0.2) is 0 Å². The van der Waals surface area contributed by atoms with Gasteiger partial charge in [0, 0.05) is 6.04 Å². The molecule has 0 heterocycles. The summed E-state index contributed by atoms with van der Waals surface area (Å²) in [5, 5.41) is 0. The first-order valence-corrected chi connectivity index (χ1v) is 4.79. The van der Waals surface area contributed by atoms with Crippen molar-refractivity contribution < 1.29 is 0 Å². The molecule has 1 heteroatoms. The second kappa shape index (κ2) is 2.01. The van der Waals surface area contributed by atoms with Crippen LogP contribution in [0.2, 0.25) is 0 Å². The van der Waals surface area contributed by atoms with Crippen molar-refractivity contribution >= 4 is 0 Å². The molecule has 1 nitrogen and oxygen atoms in total. The summed E-state index contributed by atoms with van der Waals surface area (Å²) in [7, 11) is 0. The lowest BCUT2D eigenvalue weighted by Crippen LogP contribution is -2.60. The molecule has 3 fully saturated rings. The molecule has 11 heavy (non-hydrogen) atoms. The lowest BCUT2D eigenvalue weighted by atomic mass is 9.44. The second-order valence-corrected chi connectivity index (χ2v) is 5.15. The zero-order valence-corrected chi connectivity index (χ0v) is 7.80. The average molecular weight is 153 g/mol. The Labute approximate surface area is 69.4 Å². The zero-order chi connectivity index (χ0) is 8.22. The van der Waals surface area contributed by atoms with Gasteiger partial charge in [-0.1, -0.05) is 20.8 Å². The minimum absolute atomic E-state index is 0.491. The van der Waals surface area contributed by atoms with E-state index >= 15 is 0 Å². The summed E-state index contributed by atoms with van der Waals surface area (Å²) in [6.45, 7) is 7.14. The van der Waals surface area contributed by atoms with E-state index in [-0.39, 0.29) is 0 Å². The largest absolute Gasteiger partial charge is 0.327 e. The number of fused-ring (bicyclic) bond motifs is 2. The van der Waals surface area contributed by atoms with Crippen LogP contribution in [0.5, 0.6) is 0 Å². The van der Waals surface area contributed by atoms with Gasteiger partial charge in [-0.3, -0.25) is 0 Å². The highest BCUT2D eigenvalue weighted by Crippen LogP contribution is 2.60. The predicted octanol–water partition coefficient (Wildman–Crippen LogP) is 2.02. The van der Waals surface area contributed by atoms with E-state index in [1.54, 1.807) is 0 Å². The van der Waals surface area contributed by atoms with Crippen LogP contribution < -0.4 is 5.73 Å². The first-order valence-electron chi connectivity index (χ1n) is 4.79. The Balaban J connectivity index is 2.20. The van der Waals surface area contributed by atoms with Crippen molar-refractivity contribution in [1.82, 2.24) is 0 Å². The van der Waals surface area contributed by atoms with Crippen molar-refractivity contribution in [3.05, 3.63) is 0 Å². The van der Waals surface area contributed by atoms with Crippen LogP contribution in [0.4, 0.5) is 0 Å². The summed E-state index contributed by atoms with van der Waals surface area (Å²) in [5.41, 5.74) is 6.63. The van der Waals surface area contributed by atoms with Crippen LogP contribution in [0.1, 0.15) is 33.6 Å². The molecule has 0 radical (unpaired) electrons. The summed E-state index contributed by atoms with van der Waals surface area (Å²) in [4.78, 5) is 0. The molecule has 2 N–H and O–H groups in total. The van der Waals surface area contributed by atoms with Crippen molar-refractivity contribution in [2.75, 3.05) is 0 Å². The lowest BCUT2D eigenvalue weighted by Gasteiger charge is -2.62. The van der Waals surface area contributed by atoms with Gasteiger partial charge < -0.3 is 5.73 Å². The van der Waals surface area contributed by atoms with E-state index in [4.69, 9.17) is 5.73 Å². The molecule has 0 amide bonds. The van der Waals surface area contributed by atoms with E-state index in [0.717, 1.165) is 17.8 Å². The molecule has 64 valence electrons. The van der Waals surface area contributed by atoms with Gasteiger partial charge >= 0.3 is 0 Å². The minimum atomic E-state index is 0.491. The quantitative estimate of drug-likeness (QED) is 0.566. The molecule has 0 saturated heterocycles. The zero-order valence-electron chi connectivity index (χ0n) is 7.80. The van der Waals surface area contributed by atoms with Crippen LogP contribution >= 0.6 is 0 Å². The van der Waals surface area contributed by atoms with E-state index in [0.29, 0.717) is 11.5 Å². The lowest BCUT2D eigenvalue weighted by molar-refractivity contribution is -0.111. The summed E-state index contributed by atoms with van der Waals surface area (Å²) >= 11 is 0. The van der Waals surface area contributed by atoms with Gasteiger partial charge in [-0.25, -0.2) is 0 Å². The van der Waals surface area contributed by atoms with E-state index < -0.39 is 0 Å². The Morgan fingerprint density at radius 2 is 1.82 bits per heavy atom. The number of rotatable bonds is 0. The van der Waals surface area contributed by atoms with Gasteiger partial charge in [0.25, 0.3) is 0 Å². The van der Waals surface area contributed by atoms with Gasteiger partial charge in [0.1, 0.15) is 0 Å². The molecular weight excluding hydrogens is 134 g/mol. The molecule has 0 aromatic rings. The van der Waals surface area contributed by atoms with Gasteiger partial charge in [-0.2, -0.15) is 0 Å². The summed E-state index contributed by atoms with van der Waals surface area (Å²) in [5.74, 6) is 2.65. The number of nitrogens with two attached hydrogens (primary N) is 1. The molecule has 3 aliphatic carbocycles. The smallest absolute Gasteiger partial charge is 0.00751 e. The van der Waals surface area contributed by atoms with Crippen molar-refractivity contribution in [2.45, 2.75) is 39.7 Å². The maximum Gasteiger partial charge on any atom is 0.00751 e. The highest BCUT2D eigenvalue weighted by Gasteiger charge is 2.56. The molecule has 4 atom stereocenters. The van der Waals surface area contributed by atoms with Gasteiger partial charge in [-0.15, -0.1) is 0 Å². The maximum absolute atomic E-state index is 6.08. The van der Waals surface area contributed by atoms with Crippen molar-refractivity contribution in [3.8, 4) is 0 Å². The first-order chi connectivity index (χ1) is 5.03. The fraction of sp³-hybridized carbons (Fsp3) is 1.00. The van der Waals surface area contributed by atoms with Gasteiger partial charge in [0.2, 0.25) is 0 Å². The third-order valence-corrected chi connectivity index (χ3v) is 4.27. The molecule has 4 unspecified atom stereocenters. The highest BCUT2D eigenvalue weighted by molar-refractivity contribution is 5.07. The number of hydrogen-bond acceptors (Lipinski definition) is 1. The predicted molar refractivity (Wildman–Crippen MR) is 47.1 cm³/mol. The first kappa shape index (κ1) is 7.60. The normalized spacial score (nSPS) is 53.5. The highest BCUT2D eigenvalue weighted by atomic mass is 14.8. The van der Waals surface area contributed by atoms with Gasteiger partial charge in [-0.05, 0) is 36.0 Å². The third-order valence-electron chi connectivity index (χ3n) is 4.27. The SMILES string of the molecule is CC1CC(N)C2CC1C2(C)C. The molecule has 3 saturated carbocycles. The van der Waals surface area contributed by atoms with Crippen LogP contribution in [0, 0.1) is 23.2 Å². The fourth-order valence-electron chi connectivity index (χ4n) is 3.45. The van der Waals surface area contributed by atoms with Crippen molar-refractivity contribution in [3.63, 3.8) is 0 Å². The minimum Gasteiger partial charge on any atom is -0.327 e. The maximum atomic E-state index is 6.08. The Bertz CT molecular complexity index is 158. The van der Waals surface area contributed by atoms with Crippen LogP contribution in [-0.2, 0) is 0 Å². The molecule has 0 aliphatic heterocycles. The monoisotopic (exact) mass is 153 g/mol. The fourth-order valence-corrected chi connectivity index (χ4v) is 3.45. The summed E-state index contributed by atoms with van der Waals surface area (Å²) in [6.07, 6.45) is 2.66. The topological polar surface area (TPSA) is 26.0 Å². The summed E-state index contributed by atoms with van der Waals surface area (Å²) < 4.78 is 0. The number of hydrogen-bond donors (Lipinski definition) is 1. The van der Waals surface area contributed by atoms with Crippen LogP contribution in [0.15, 0.2) is 0 Å². The standard InChI is InChI=1S/C10H19N/c1-6-4-9(11)8-5-7(6)10(8,2)3/h6-9H,4-5,11H2,1-3H3. The van der Waals surface area contributed by atoms with Gasteiger partial charge in [0.05, 0.1) is 0 Å². The van der Waals surface area contributed by atoms with Crippen molar-refractivity contribution in [1.29, 1.82) is 0 Å². The second-order valence-electron chi connectivity index (χ2n) is 5.15. The molecule has 0 spiro atoms. The van der Waals surface area contributed by atoms with E-state index in [1.807, 2.05) is 0 Å². The molecule has 0 aromatic carbocycles. The van der Waals surface area contributed by atoms with Crippen LogP contribution in [0.25, 0.3) is 0 Å². The van der Waals surface area contributed by atoms with E-state index in [2.05, 4.69) is 20.8 Å². The van der Waals surface area contributed by atoms with E-state index in [1.165, 1.54) is 12.8 Å². The van der Waals surface area contributed by atoms with E-state index in [9.17, 15) is 0 Å². The van der Waals surface area contributed by atoms with Crippen molar-refractivity contribution in [2.24, 2.45) is 28.9 Å². The Kier molecular flexibility index (Phi) is 1.39. The average Bonchev–Trinajstić information content (AvgIpc) is 1.84. The van der Waals surface area contributed by atoms with Crippen LogP contribution in [-0.4, -0.2) is 6.04 Å². The Morgan fingerprint density at radius 1 is 1.18 bits per heavy atom. The molecule has 3 aliphatic rings. The van der Waals surface area contributed by atoms with Crippen LogP contribution in [0.3, 0.4) is 0 Å². The summed E-state index contributed by atoms with van der Waals surface area (Å²) in [6, 6.07) is 0.491. The molecular formula is C10H19N. The molecule has 2 bridgehead atoms. The third kappa shape index (κ3) is 0.807. The molecule has 0 aromatic heterocycles. The Hall–Kier alpha value is -0.0400.